The van der Waals surface area contributed by atoms with Crippen LogP contribution in [0.5, 0.6) is 0 Å². The largest absolute Gasteiger partial charge is 0.303 e. The smallest absolute Gasteiger partial charge is 0.0947 e. The molecular weight excluding hydrogens is 336 g/mol. The average Bonchev–Trinajstić information content (AvgIpc) is 3.18. The Morgan fingerprint density at radius 1 is 0.815 bits per heavy atom. The Balaban J connectivity index is 1.93. The Morgan fingerprint density at radius 3 is 1.85 bits per heavy atom. The van der Waals surface area contributed by atoms with Crippen LogP contribution < -0.4 is 0 Å². The van der Waals surface area contributed by atoms with Gasteiger partial charge >= 0.3 is 0 Å². The average molecular weight is 379 g/mol. The van der Waals surface area contributed by atoms with E-state index in [0.717, 1.165) is 59.0 Å². The van der Waals surface area contributed by atoms with E-state index in [-0.39, 0.29) is 0 Å². The van der Waals surface area contributed by atoms with E-state index in [1.54, 1.807) is 0 Å². The van der Waals surface area contributed by atoms with Crippen molar-refractivity contribution in [2.75, 3.05) is 52.4 Å². The maximum absolute atomic E-state index is 4.51. The molecular formula is C21H42N6. The van der Waals surface area contributed by atoms with Gasteiger partial charge in [0, 0.05) is 32.1 Å². The SMILES string of the molecule is CCN(CC)CCN(CCN(CC)CC)Cn1cc(C2CCCCC2)nn1. The van der Waals surface area contributed by atoms with Gasteiger partial charge in [0.25, 0.3) is 0 Å². The molecule has 0 unspecified atom stereocenters. The summed E-state index contributed by atoms with van der Waals surface area (Å²) in [4.78, 5) is 7.54. The third-order valence-corrected chi connectivity index (χ3v) is 6.18. The summed E-state index contributed by atoms with van der Waals surface area (Å²) in [5.41, 5.74) is 1.21. The van der Waals surface area contributed by atoms with Crippen molar-refractivity contribution in [2.45, 2.75) is 72.4 Å². The zero-order chi connectivity index (χ0) is 19.5. The van der Waals surface area contributed by atoms with E-state index in [1.807, 2.05) is 0 Å². The highest BCUT2D eigenvalue weighted by Crippen LogP contribution is 2.31. The van der Waals surface area contributed by atoms with E-state index in [4.69, 9.17) is 0 Å². The second kappa shape index (κ2) is 12.5. The predicted molar refractivity (Wildman–Crippen MR) is 113 cm³/mol. The van der Waals surface area contributed by atoms with Crippen molar-refractivity contribution in [1.82, 2.24) is 29.7 Å². The molecule has 1 fully saturated rings. The molecule has 0 saturated heterocycles. The molecule has 156 valence electrons. The van der Waals surface area contributed by atoms with E-state index in [0.29, 0.717) is 5.92 Å². The van der Waals surface area contributed by atoms with Gasteiger partial charge in [-0.3, -0.25) is 4.90 Å². The Hall–Kier alpha value is -0.980. The summed E-state index contributed by atoms with van der Waals surface area (Å²) in [6.45, 7) is 18.7. The van der Waals surface area contributed by atoms with E-state index in [2.05, 4.69) is 63.6 Å². The highest BCUT2D eigenvalue weighted by molar-refractivity contribution is 5.02. The highest BCUT2D eigenvalue weighted by Gasteiger charge is 2.19. The summed E-state index contributed by atoms with van der Waals surface area (Å²) in [5.74, 6) is 0.632. The Kier molecular flexibility index (Phi) is 10.3. The second-order valence-electron chi connectivity index (χ2n) is 7.83. The van der Waals surface area contributed by atoms with Gasteiger partial charge in [-0.2, -0.15) is 0 Å². The van der Waals surface area contributed by atoms with Crippen molar-refractivity contribution < 1.29 is 0 Å². The lowest BCUT2D eigenvalue weighted by Gasteiger charge is -2.28. The number of rotatable bonds is 13. The van der Waals surface area contributed by atoms with Gasteiger partial charge in [-0.25, -0.2) is 4.68 Å². The summed E-state index contributed by atoms with van der Waals surface area (Å²) < 4.78 is 2.06. The maximum atomic E-state index is 4.51. The van der Waals surface area contributed by atoms with E-state index in [1.165, 1.54) is 37.8 Å². The van der Waals surface area contributed by atoms with Gasteiger partial charge in [0.2, 0.25) is 0 Å². The minimum Gasteiger partial charge on any atom is -0.303 e. The zero-order valence-electron chi connectivity index (χ0n) is 18.2. The van der Waals surface area contributed by atoms with Crippen LogP contribution in [0.4, 0.5) is 0 Å². The second-order valence-corrected chi connectivity index (χ2v) is 7.83. The fourth-order valence-corrected chi connectivity index (χ4v) is 4.07. The molecule has 1 aromatic heterocycles. The Morgan fingerprint density at radius 2 is 1.33 bits per heavy atom. The van der Waals surface area contributed by atoms with Crippen molar-refractivity contribution >= 4 is 0 Å². The van der Waals surface area contributed by atoms with Gasteiger partial charge in [0.05, 0.1) is 18.6 Å². The van der Waals surface area contributed by atoms with Crippen molar-refractivity contribution in [3.63, 3.8) is 0 Å². The van der Waals surface area contributed by atoms with Crippen LogP contribution in [0.25, 0.3) is 0 Å². The lowest BCUT2D eigenvalue weighted by Crippen LogP contribution is -2.40. The third kappa shape index (κ3) is 7.51. The minimum absolute atomic E-state index is 0.632. The molecule has 0 amide bonds. The molecule has 0 aliphatic heterocycles. The zero-order valence-corrected chi connectivity index (χ0v) is 18.2. The molecule has 27 heavy (non-hydrogen) atoms. The predicted octanol–water partition coefficient (Wildman–Crippen LogP) is 3.27. The van der Waals surface area contributed by atoms with Crippen molar-refractivity contribution in [3.05, 3.63) is 11.9 Å². The van der Waals surface area contributed by atoms with E-state index < -0.39 is 0 Å². The summed E-state index contributed by atoms with van der Waals surface area (Å²) in [6, 6.07) is 0. The molecule has 6 heteroatoms. The molecule has 0 N–H and O–H groups in total. The molecule has 0 spiro atoms. The molecule has 0 bridgehead atoms. The van der Waals surface area contributed by atoms with Crippen LogP contribution in [0, 0.1) is 0 Å². The molecule has 2 rings (SSSR count). The minimum atomic E-state index is 0.632. The standard InChI is InChI=1S/C21H42N6/c1-5-24(6-2)14-16-26(17-15-25(7-3)8-4)19-27-18-21(22-23-27)20-12-10-9-11-13-20/h18,20H,5-17,19H2,1-4H3. The van der Waals surface area contributed by atoms with Crippen LogP contribution in [0.2, 0.25) is 0 Å². The molecule has 1 saturated carbocycles. The van der Waals surface area contributed by atoms with Crippen LogP contribution in [0.1, 0.15) is 71.4 Å². The van der Waals surface area contributed by atoms with Gasteiger partial charge in [-0.05, 0) is 39.0 Å². The first-order valence-corrected chi connectivity index (χ1v) is 11.3. The molecule has 1 aliphatic rings. The van der Waals surface area contributed by atoms with Crippen LogP contribution in [0.3, 0.4) is 0 Å². The van der Waals surface area contributed by atoms with Gasteiger partial charge in [0.15, 0.2) is 0 Å². The van der Waals surface area contributed by atoms with Crippen LogP contribution in [-0.2, 0) is 6.67 Å². The number of nitrogens with zero attached hydrogens (tertiary/aromatic N) is 6. The fraction of sp³-hybridized carbons (Fsp3) is 0.905. The van der Waals surface area contributed by atoms with Crippen molar-refractivity contribution in [2.24, 2.45) is 0 Å². The summed E-state index contributed by atoms with van der Waals surface area (Å²) in [5, 5.41) is 8.98. The van der Waals surface area contributed by atoms with Crippen molar-refractivity contribution in [3.8, 4) is 0 Å². The fourth-order valence-electron chi connectivity index (χ4n) is 4.07. The lowest BCUT2D eigenvalue weighted by molar-refractivity contribution is 0.150. The molecule has 1 aliphatic carbocycles. The highest BCUT2D eigenvalue weighted by atomic mass is 15.5. The summed E-state index contributed by atoms with van der Waals surface area (Å²) in [6.07, 6.45) is 8.85. The first kappa shape index (κ1) is 22.3. The topological polar surface area (TPSA) is 40.4 Å². The normalized spacial score (nSPS) is 16.1. The molecule has 0 atom stereocenters. The van der Waals surface area contributed by atoms with Gasteiger partial charge in [-0.1, -0.05) is 52.2 Å². The monoisotopic (exact) mass is 378 g/mol. The molecule has 0 aromatic carbocycles. The molecule has 1 heterocycles. The lowest BCUT2D eigenvalue weighted by atomic mass is 9.87. The summed E-state index contributed by atoms with van der Waals surface area (Å²) >= 11 is 0. The number of aromatic nitrogens is 3. The van der Waals surface area contributed by atoms with Crippen LogP contribution in [-0.4, -0.2) is 82.1 Å². The Bertz CT molecular complexity index is 473. The van der Waals surface area contributed by atoms with E-state index in [9.17, 15) is 0 Å². The number of hydrogen-bond donors (Lipinski definition) is 0. The Labute approximate surface area is 166 Å². The number of likely N-dealkylation sites (N-methyl/N-ethyl adjacent to an activating group) is 2. The first-order valence-electron chi connectivity index (χ1n) is 11.3. The van der Waals surface area contributed by atoms with Crippen molar-refractivity contribution in [1.29, 1.82) is 0 Å². The maximum Gasteiger partial charge on any atom is 0.0947 e. The first-order chi connectivity index (χ1) is 13.2. The van der Waals surface area contributed by atoms with Gasteiger partial charge < -0.3 is 9.80 Å². The third-order valence-electron chi connectivity index (χ3n) is 6.18. The molecule has 1 aromatic rings. The van der Waals surface area contributed by atoms with Crippen LogP contribution >= 0.6 is 0 Å². The summed E-state index contributed by atoms with van der Waals surface area (Å²) in [7, 11) is 0. The van der Waals surface area contributed by atoms with E-state index >= 15 is 0 Å². The van der Waals surface area contributed by atoms with Crippen LogP contribution in [0.15, 0.2) is 6.20 Å². The molecule has 0 radical (unpaired) electrons. The van der Waals surface area contributed by atoms with Gasteiger partial charge in [-0.15, -0.1) is 5.10 Å². The quantitative estimate of drug-likeness (QED) is 0.527. The molecule has 6 nitrogen and oxygen atoms in total. The van der Waals surface area contributed by atoms with Gasteiger partial charge in [0.1, 0.15) is 0 Å². The number of hydrogen-bond acceptors (Lipinski definition) is 5.